The SMILES string of the molecule is CCCCN(Cc1ccc(OC)cc1OC)C(=O)CCC. The van der Waals surface area contributed by atoms with Crippen molar-refractivity contribution in [1.82, 2.24) is 4.90 Å². The van der Waals surface area contributed by atoms with Crippen LogP contribution in [-0.4, -0.2) is 31.6 Å². The lowest BCUT2D eigenvalue weighted by molar-refractivity contribution is -0.131. The number of hydrogen-bond donors (Lipinski definition) is 0. The van der Waals surface area contributed by atoms with E-state index < -0.39 is 0 Å². The lowest BCUT2D eigenvalue weighted by Crippen LogP contribution is -2.31. The van der Waals surface area contributed by atoms with Crippen molar-refractivity contribution in [2.45, 2.75) is 46.1 Å². The Labute approximate surface area is 128 Å². The van der Waals surface area contributed by atoms with Crippen LogP contribution in [0.5, 0.6) is 11.5 Å². The van der Waals surface area contributed by atoms with Gasteiger partial charge in [-0.1, -0.05) is 20.3 Å². The number of ether oxygens (including phenoxy) is 2. The van der Waals surface area contributed by atoms with Crippen molar-refractivity contribution < 1.29 is 14.3 Å². The van der Waals surface area contributed by atoms with Gasteiger partial charge in [0.25, 0.3) is 0 Å². The first-order chi connectivity index (χ1) is 10.2. The van der Waals surface area contributed by atoms with E-state index in [9.17, 15) is 4.79 Å². The molecule has 0 saturated heterocycles. The van der Waals surface area contributed by atoms with Crippen LogP contribution < -0.4 is 9.47 Å². The minimum Gasteiger partial charge on any atom is -0.497 e. The zero-order valence-electron chi connectivity index (χ0n) is 13.6. The Morgan fingerprint density at radius 2 is 1.90 bits per heavy atom. The Kier molecular flexibility index (Phi) is 7.65. The molecule has 0 radical (unpaired) electrons. The number of hydrogen-bond acceptors (Lipinski definition) is 3. The van der Waals surface area contributed by atoms with E-state index in [4.69, 9.17) is 9.47 Å². The monoisotopic (exact) mass is 293 g/mol. The fourth-order valence-corrected chi connectivity index (χ4v) is 2.20. The number of benzene rings is 1. The van der Waals surface area contributed by atoms with E-state index in [0.29, 0.717) is 13.0 Å². The van der Waals surface area contributed by atoms with E-state index in [-0.39, 0.29) is 5.91 Å². The maximum Gasteiger partial charge on any atom is 0.222 e. The van der Waals surface area contributed by atoms with Crippen molar-refractivity contribution in [3.05, 3.63) is 23.8 Å². The minimum absolute atomic E-state index is 0.212. The molecule has 4 nitrogen and oxygen atoms in total. The first kappa shape index (κ1) is 17.3. The third-order valence-electron chi connectivity index (χ3n) is 3.45. The van der Waals surface area contributed by atoms with Gasteiger partial charge in [0.05, 0.1) is 14.2 Å². The summed E-state index contributed by atoms with van der Waals surface area (Å²) in [6.07, 6.45) is 3.58. The summed E-state index contributed by atoms with van der Waals surface area (Å²) in [7, 11) is 3.27. The Morgan fingerprint density at radius 1 is 1.14 bits per heavy atom. The van der Waals surface area contributed by atoms with Crippen LogP contribution >= 0.6 is 0 Å². The van der Waals surface area contributed by atoms with Crippen LogP contribution in [0.2, 0.25) is 0 Å². The van der Waals surface area contributed by atoms with E-state index in [2.05, 4.69) is 6.92 Å². The number of nitrogens with zero attached hydrogens (tertiary/aromatic N) is 1. The van der Waals surface area contributed by atoms with E-state index in [1.807, 2.05) is 30.0 Å². The fraction of sp³-hybridized carbons (Fsp3) is 0.588. The van der Waals surface area contributed by atoms with E-state index in [1.165, 1.54) is 0 Å². The van der Waals surface area contributed by atoms with Crippen molar-refractivity contribution in [3.63, 3.8) is 0 Å². The lowest BCUT2D eigenvalue weighted by Gasteiger charge is -2.23. The Morgan fingerprint density at radius 3 is 2.48 bits per heavy atom. The van der Waals surface area contributed by atoms with Gasteiger partial charge in [0.1, 0.15) is 11.5 Å². The molecule has 0 atom stereocenters. The lowest BCUT2D eigenvalue weighted by atomic mass is 10.1. The number of rotatable bonds is 9. The van der Waals surface area contributed by atoms with Crippen molar-refractivity contribution in [1.29, 1.82) is 0 Å². The van der Waals surface area contributed by atoms with Crippen LogP contribution in [0.4, 0.5) is 0 Å². The highest BCUT2D eigenvalue weighted by Crippen LogP contribution is 2.26. The largest absolute Gasteiger partial charge is 0.497 e. The van der Waals surface area contributed by atoms with Crippen LogP contribution in [0.15, 0.2) is 18.2 Å². The molecule has 118 valence electrons. The van der Waals surface area contributed by atoms with Gasteiger partial charge in [-0.2, -0.15) is 0 Å². The quantitative estimate of drug-likeness (QED) is 0.698. The number of unbranched alkanes of at least 4 members (excludes halogenated alkanes) is 1. The fourth-order valence-electron chi connectivity index (χ4n) is 2.20. The van der Waals surface area contributed by atoms with Gasteiger partial charge in [0.2, 0.25) is 5.91 Å². The molecule has 0 aliphatic rings. The first-order valence-electron chi connectivity index (χ1n) is 7.64. The van der Waals surface area contributed by atoms with Crippen molar-refractivity contribution in [2.24, 2.45) is 0 Å². The van der Waals surface area contributed by atoms with Gasteiger partial charge < -0.3 is 14.4 Å². The van der Waals surface area contributed by atoms with Crippen LogP contribution in [-0.2, 0) is 11.3 Å². The molecule has 1 amide bonds. The van der Waals surface area contributed by atoms with E-state index in [0.717, 1.165) is 42.9 Å². The first-order valence-corrected chi connectivity index (χ1v) is 7.64. The van der Waals surface area contributed by atoms with Gasteiger partial charge in [0.15, 0.2) is 0 Å². The van der Waals surface area contributed by atoms with Gasteiger partial charge in [0, 0.05) is 31.1 Å². The number of methoxy groups -OCH3 is 2. The summed E-state index contributed by atoms with van der Waals surface area (Å²) in [4.78, 5) is 14.2. The van der Waals surface area contributed by atoms with Gasteiger partial charge in [-0.15, -0.1) is 0 Å². The Hall–Kier alpha value is -1.71. The molecule has 0 N–H and O–H groups in total. The average molecular weight is 293 g/mol. The molecular formula is C17H27NO3. The second kappa shape index (κ2) is 9.27. The third-order valence-corrected chi connectivity index (χ3v) is 3.45. The summed E-state index contributed by atoms with van der Waals surface area (Å²) in [5, 5.41) is 0. The Balaban J connectivity index is 2.88. The molecule has 0 spiro atoms. The highest BCUT2D eigenvalue weighted by Gasteiger charge is 2.15. The van der Waals surface area contributed by atoms with Crippen LogP contribution in [0.1, 0.15) is 45.1 Å². The molecule has 4 heteroatoms. The molecule has 0 saturated carbocycles. The highest BCUT2D eigenvalue weighted by molar-refractivity contribution is 5.76. The summed E-state index contributed by atoms with van der Waals surface area (Å²) in [6, 6.07) is 5.73. The summed E-state index contributed by atoms with van der Waals surface area (Å²) in [5.74, 6) is 1.74. The van der Waals surface area contributed by atoms with Crippen LogP contribution in [0, 0.1) is 0 Å². The molecule has 0 unspecified atom stereocenters. The van der Waals surface area contributed by atoms with Gasteiger partial charge in [-0.3, -0.25) is 4.79 Å². The summed E-state index contributed by atoms with van der Waals surface area (Å²) in [6.45, 7) is 5.55. The molecule has 0 aliphatic heterocycles. The summed E-state index contributed by atoms with van der Waals surface area (Å²) >= 11 is 0. The zero-order chi connectivity index (χ0) is 15.7. The molecular weight excluding hydrogens is 266 g/mol. The standard InChI is InChI=1S/C17H27NO3/c1-5-7-11-18(17(19)8-6-2)13-14-9-10-15(20-3)12-16(14)21-4/h9-10,12H,5-8,11,13H2,1-4H3. The van der Waals surface area contributed by atoms with Crippen LogP contribution in [0.25, 0.3) is 0 Å². The van der Waals surface area contributed by atoms with Gasteiger partial charge in [-0.05, 0) is 25.0 Å². The summed E-state index contributed by atoms with van der Waals surface area (Å²) < 4.78 is 10.6. The van der Waals surface area contributed by atoms with Crippen LogP contribution in [0.3, 0.4) is 0 Å². The molecule has 1 rings (SSSR count). The zero-order valence-corrected chi connectivity index (χ0v) is 13.6. The molecule has 1 aromatic rings. The predicted octanol–water partition coefficient (Wildman–Crippen LogP) is 3.63. The van der Waals surface area contributed by atoms with Crippen molar-refractivity contribution in [2.75, 3.05) is 20.8 Å². The van der Waals surface area contributed by atoms with Gasteiger partial charge >= 0.3 is 0 Å². The molecule has 0 bridgehead atoms. The second-order valence-corrected chi connectivity index (χ2v) is 5.10. The number of carbonyl (C=O) groups excluding carboxylic acids is 1. The second-order valence-electron chi connectivity index (χ2n) is 5.10. The smallest absolute Gasteiger partial charge is 0.222 e. The topological polar surface area (TPSA) is 38.8 Å². The summed E-state index contributed by atoms with van der Waals surface area (Å²) in [5.41, 5.74) is 1.01. The van der Waals surface area contributed by atoms with E-state index >= 15 is 0 Å². The highest BCUT2D eigenvalue weighted by atomic mass is 16.5. The maximum atomic E-state index is 12.2. The molecule has 0 fully saturated rings. The maximum absolute atomic E-state index is 12.2. The molecule has 0 heterocycles. The molecule has 0 aromatic heterocycles. The average Bonchev–Trinajstić information content (AvgIpc) is 2.51. The van der Waals surface area contributed by atoms with E-state index in [1.54, 1.807) is 14.2 Å². The predicted molar refractivity (Wildman–Crippen MR) is 84.8 cm³/mol. The molecule has 21 heavy (non-hydrogen) atoms. The van der Waals surface area contributed by atoms with Crippen molar-refractivity contribution in [3.8, 4) is 11.5 Å². The minimum atomic E-state index is 0.212. The Bertz CT molecular complexity index is 446. The van der Waals surface area contributed by atoms with Gasteiger partial charge in [-0.25, -0.2) is 0 Å². The normalized spacial score (nSPS) is 10.3. The number of carbonyl (C=O) groups is 1. The van der Waals surface area contributed by atoms with Crippen molar-refractivity contribution >= 4 is 5.91 Å². The molecule has 0 aliphatic carbocycles. The molecule has 1 aromatic carbocycles. The third kappa shape index (κ3) is 5.29. The number of amides is 1.